The number of aromatic amines is 1. The van der Waals surface area contributed by atoms with Crippen molar-refractivity contribution in [1.29, 1.82) is 0 Å². The largest absolute Gasteiger partial charge is 0.354 e. The molecule has 2 N–H and O–H groups in total. The van der Waals surface area contributed by atoms with E-state index in [0.29, 0.717) is 12.0 Å². The van der Waals surface area contributed by atoms with Crippen molar-refractivity contribution < 1.29 is 0 Å². The molecule has 1 unspecified atom stereocenters. The molecular formula is C13H20N6. The molecule has 0 spiro atoms. The van der Waals surface area contributed by atoms with E-state index in [1.807, 2.05) is 6.20 Å². The number of aromatic nitrogens is 4. The molecule has 0 aliphatic carbocycles. The second kappa shape index (κ2) is 5.03. The maximum absolute atomic E-state index is 4.69. The van der Waals surface area contributed by atoms with E-state index < -0.39 is 0 Å². The summed E-state index contributed by atoms with van der Waals surface area (Å²) in [5.41, 5.74) is 0.808. The highest BCUT2D eigenvalue weighted by Gasteiger charge is 2.24. The Bertz CT molecular complexity index is 563. The van der Waals surface area contributed by atoms with Crippen LogP contribution in [0, 0.1) is 0 Å². The molecule has 6 nitrogen and oxygen atoms in total. The first-order valence-corrected chi connectivity index (χ1v) is 7.01. The molecule has 0 saturated carbocycles. The second-order valence-corrected chi connectivity index (χ2v) is 5.11. The lowest BCUT2D eigenvalue weighted by atomic mass is 10.2. The van der Waals surface area contributed by atoms with Gasteiger partial charge in [-0.05, 0) is 26.2 Å². The molecule has 2 aromatic heterocycles. The maximum Gasteiger partial charge on any atom is 0.226 e. The van der Waals surface area contributed by atoms with Crippen molar-refractivity contribution in [2.75, 3.05) is 23.3 Å². The number of fused-ring (bicyclic) bond motifs is 1. The van der Waals surface area contributed by atoms with Crippen LogP contribution in [-0.2, 0) is 0 Å². The van der Waals surface area contributed by atoms with Gasteiger partial charge in [0.2, 0.25) is 5.95 Å². The van der Waals surface area contributed by atoms with Crippen molar-refractivity contribution in [1.82, 2.24) is 20.2 Å². The number of nitrogens with zero attached hydrogens (tertiary/aromatic N) is 4. The molecule has 102 valence electrons. The summed E-state index contributed by atoms with van der Waals surface area (Å²) in [5, 5.41) is 11.3. The van der Waals surface area contributed by atoms with Gasteiger partial charge < -0.3 is 10.2 Å². The Kier molecular flexibility index (Phi) is 3.23. The van der Waals surface area contributed by atoms with E-state index in [4.69, 9.17) is 0 Å². The fourth-order valence-electron chi connectivity index (χ4n) is 2.60. The summed E-state index contributed by atoms with van der Waals surface area (Å²) < 4.78 is 0. The summed E-state index contributed by atoms with van der Waals surface area (Å²) in [5.74, 6) is 1.69. The quantitative estimate of drug-likeness (QED) is 0.881. The number of rotatable bonds is 4. The third-order valence-electron chi connectivity index (χ3n) is 3.65. The number of nitrogens with one attached hydrogen (secondary N) is 2. The minimum absolute atomic E-state index is 0.534. The summed E-state index contributed by atoms with van der Waals surface area (Å²) in [6, 6.07) is 0.534. The zero-order valence-electron chi connectivity index (χ0n) is 11.5. The van der Waals surface area contributed by atoms with Crippen molar-refractivity contribution in [3.05, 3.63) is 6.20 Å². The van der Waals surface area contributed by atoms with Crippen LogP contribution >= 0.6 is 0 Å². The van der Waals surface area contributed by atoms with Gasteiger partial charge in [-0.1, -0.05) is 6.92 Å². The average molecular weight is 260 g/mol. The Morgan fingerprint density at radius 2 is 2.37 bits per heavy atom. The van der Waals surface area contributed by atoms with Gasteiger partial charge in [0.1, 0.15) is 5.82 Å². The molecule has 1 fully saturated rings. The van der Waals surface area contributed by atoms with Crippen LogP contribution in [0.4, 0.5) is 11.8 Å². The molecule has 1 aliphatic rings. The molecule has 0 radical (unpaired) electrons. The zero-order chi connectivity index (χ0) is 13.2. The minimum atomic E-state index is 0.534. The first-order valence-electron chi connectivity index (χ1n) is 7.01. The fourth-order valence-corrected chi connectivity index (χ4v) is 2.60. The summed E-state index contributed by atoms with van der Waals surface area (Å²) >= 11 is 0. The van der Waals surface area contributed by atoms with Crippen LogP contribution in [0.25, 0.3) is 11.0 Å². The van der Waals surface area contributed by atoms with E-state index in [1.165, 1.54) is 12.8 Å². The van der Waals surface area contributed by atoms with Crippen molar-refractivity contribution in [2.24, 2.45) is 0 Å². The van der Waals surface area contributed by atoms with Gasteiger partial charge in [0.05, 0.1) is 11.6 Å². The van der Waals surface area contributed by atoms with Crippen LogP contribution in [0.1, 0.15) is 33.1 Å². The van der Waals surface area contributed by atoms with Gasteiger partial charge in [-0.2, -0.15) is 15.1 Å². The van der Waals surface area contributed by atoms with E-state index in [1.54, 1.807) is 0 Å². The fraction of sp³-hybridized carbons (Fsp3) is 0.615. The van der Waals surface area contributed by atoms with Crippen molar-refractivity contribution in [2.45, 2.75) is 39.2 Å². The van der Waals surface area contributed by atoms with Gasteiger partial charge in [-0.3, -0.25) is 5.10 Å². The smallest absolute Gasteiger partial charge is 0.226 e. The van der Waals surface area contributed by atoms with E-state index >= 15 is 0 Å². The normalized spacial score (nSPS) is 19.3. The summed E-state index contributed by atoms with van der Waals surface area (Å²) in [4.78, 5) is 11.5. The first-order chi connectivity index (χ1) is 9.29. The second-order valence-electron chi connectivity index (χ2n) is 5.11. The lowest BCUT2D eigenvalue weighted by Gasteiger charge is -2.23. The molecule has 0 aromatic carbocycles. The summed E-state index contributed by atoms with van der Waals surface area (Å²) in [6.45, 7) is 6.33. The molecule has 1 saturated heterocycles. The lowest BCUT2D eigenvalue weighted by molar-refractivity contribution is 0.729. The minimum Gasteiger partial charge on any atom is -0.354 e. The number of hydrogen-bond acceptors (Lipinski definition) is 5. The van der Waals surface area contributed by atoms with Crippen LogP contribution < -0.4 is 10.2 Å². The predicted molar refractivity (Wildman–Crippen MR) is 76.5 cm³/mol. The Balaban J connectivity index is 2.02. The molecule has 0 bridgehead atoms. The molecule has 19 heavy (non-hydrogen) atoms. The zero-order valence-corrected chi connectivity index (χ0v) is 11.5. The number of anilines is 2. The standard InChI is InChI=1S/C13H20N6/c1-3-6-14-13-16-11-10(8-15-18-11)12(17-13)19-7-4-5-9(19)2/h8-9H,3-7H2,1-2H3,(H2,14,15,16,17,18). The predicted octanol–water partition coefficient (Wildman–Crippen LogP) is 2.16. The Morgan fingerprint density at radius 3 is 3.11 bits per heavy atom. The summed E-state index contributed by atoms with van der Waals surface area (Å²) in [6.07, 6.45) is 5.32. The Hall–Kier alpha value is -1.85. The van der Waals surface area contributed by atoms with Gasteiger partial charge in [0.25, 0.3) is 0 Å². The van der Waals surface area contributed by atoms with Crippen molar-refractivity contribution in [3.63, 3.8) is 0 Å². The van der Waals surface area contributed by atoms with Crippen LogP contribution in [-0.4, -0.2) is 39.3 Å². The molecule has 3 heterocycles. The van der Waals surface area contributed by atoms with Crippen LogP contribution in [0.5, 0.6) is 0 Å². The molecule has 0 amide bonds. The van der Waals surface area contributed by atoms with Crippen molar-refractivity contribution in [3.8, 4) is 0 Å². The van der Waals surface area contributed by atoms with E-state index in [9.17, 15) is 0 Å². The monoisotopic (exact) mass is 260 g/mol. The summed E-state index contributed by atoms with van der Waals surface area (Å²) in [7, 11) is 0. The molecule has 3 rings (SSSR count). The van der Waals surface area contributed by atoms with E-state index in [0.717, 1.165) is 36.4 Å². The highest BCUT2D eigenvalue weighted by Crippen LogP contribution is 2.29. The Labute approximate surface area is 112 Å². The van der Waals surface area contributed by atoms with E-state index in [-0.39, 0.29) is 0 Å². The molecule has 2 aromatic rings. The first kappa shape index (κ1) is 12.2. The topological polar surface area (TPSA) is 69.7 Å². The number of hydrogen-bond donors (Lipinski definition) is 2. The van der Waals surface area contributed by atoms with Crippen LogP contribution in [0.2, 0.25) is 0 Å². The Morgan fingerprint density at radius 1 is 1.47 bits per heavy atom. The highest BCUT2D eigenvalue weighted by atomic mass is 15.3. The van der Waals surface area contributed by atoms with Crippen LogP contribution in [0.15, 0.2) is 6.20 Å². The van der Waals surface area contributed by atoms with Gasteiger partial charge in [-0.25, -0.2) is 0 Å². The maximum atomic E-state index is 4.69. The third-order valence-corrected chi connectivity index (χ3v) is 3.65. The average Bonchev–Trinajstić information content (AvgIpc) is 3.03. The van der Waals surface area contributed by atoms with Crippen LogP contribution in [0.3, 0.4) is 0 Å². The molecular weight excluding hydrogens is 240 g/mol. The van der Waals surface area contributed by atoms with Gasteiger partial charge in [-0.15, -0.1) is 0 Å². The van der Waals surface area contributed by atoms with Crippen molar-refractivity contribution >= 4 is 22.8 Å². The van der Waals surface area contributed by atoms with Gasteiger partial charge in [0.15, 0.2) is 5.65 Å². The highest BCUT2D eigenvalue weighted by molar-refractivity contribution is 5.87. The SMILES string of the molecule is CCCNc1nc(N2CCCC2C)c2cn[nH]c2n1. The van der Waals surface area contributed by atoms with E-state index in [2.05, 4.69) is 44.2 Å². The number of H-pyrrole nitrogens is 1. The lowest BCUT2D eigenvalue weighted by Crippen LogP contribution is -2.27. The molecule has 1 aliphatic heterocycles. The molecule has 1 atom stereocenters. The van der Waals surface area contributed by atoms with Gasteiger partial charge in [0, 0.05) is 19.1 Å². The molecule has 6 heteroatoms. The third kappa shape index (κ3) is 2.22. The van der Waals surface area contributed by atoms with Gasteiger partial charge >= 0.3 is 0 Å².